The van der Waals surface area contributed by atoms with Crippen LogP contribution >= 0.6 is 0 Å². The van der Waals surface area contributed by atoms with Crippen molar-refractivity contribution in [2.24, 2.45) is 0 Å². The first-order chi connectivity index (χ1) is 12.0. The second-order valence-corrected chi connectivity index (χ2v) is 5.23. The van der Waals surface area contributed by atoms with Crippen LogP contribution in [0.4, 0.5) is 10.1 Å². The standard InChI is InChI=1S/C18H10FN3O3/c19-13-6-4-11(5-7-13)17-9-15(16(10-20)18(23)21-17)12-2-1-3-14(8-12)22(24)25/h1-9H,(H,21,23). The Balaban J connectivity index is 2.23. The molecule has 0 bridgehead atoms. The first kappa shape index (κ1) is 16.1. The predicted molar refractivity (Wildman–Crippen MR) is 89.3 cm³/mol. The minimum absolute atomic E-state index is 0.147. The van der Waals surface area contributed by atoms with Crippen molar-refractivity contribution < 1.29 is 9.31 Å². The highest BCUT2D eigenvalue weighted by Crippen LogP contribution is 2.28. The van der Waals surface area contributed by atoms with Gasteiger partial charge in [-0.2, -0.15) is 5.26 Å². The number of nitro groups is 1. The molecule has 0 aliphatic rings. The van der Waals surface area contributed by atoms with Crippen molar-refractivity contribution in [1.29, 1.82) is 5.26 Å². The summed E-state index contributed by atoms with van der Waals surface area (Å²) < 4.78 is 13.1. The van der Waals surface area contributed by atoms with Gasteiger partial charge in [0.2, 0.25) is 0 Å². The molecule has 1 N–H and O–H groups in total. The lowest BCUT2D eigenvalue weighted by Crippen LogP contribution is -2.12. The highest BCUT2D eigenvalue weighted by molar-refractivity contribution is 5.76. The Labute approximate surface area is 141 Å². The summed E-state index contributed by atoms with van der Waals surface area (Å²) in [5, 5.41) is 20.2. The molecule has 1 aromatic heterocycles. The molecule has 0 aliphatic heterocycles. The zero-order valence-corrected chi connectivity index (χ0v) is 12.7. The fourth-order valence-electron chi connectivity index (χ4n) is 2.47. The van der Waals surface area contributed by atoms with Gasteiger partial charge in [-0.1, -0.05) is 12.1 Å². The van der Waals surface area contributed by atoms with E-state index in [9.17, 15) is 24.6 Å². The average molecular weight is 335 g/mol. The summed E-state index contributed by atoms with van der Waals surface area (Å²) in [6.07, 6.45) is 0. The van der Waals surface area contributed by atoms with E-state index in [2.05, 4.69) is 4.98 Å². The summed E-state index contributed by atoms with van der Waals surface area (Å²) >= 11 is 0. The fraction of sp³-hybridized carbons (Fsp3) is 0. The molecule has 3 aromatic rings. The number of aromatic nitrogens is 1. The lowest BCUT2D eigenvalue weighted by Gasteiger charge is -2.08. The van der Waals surface area contributed by atoms with Gasteiger partial charge >= 0.3 is 0 Å². The largest absolute Gasteiger partial charge is 0.321 e. The van der Waals surface area contributed by atoms with Gasteiger partial charge in [0.15, 0.2) is 0 Å². The number of pyridine rings is 1. The van der Waals surface area contributed by atoms with E-state index in [-0.39, 0.29) is 16.8 Å². The number of benzene rings is 2. The van der Waals surface area contributed by atoms with Gasteiger partial charge in [-0.05, 0) is 41.5 Å². The number of nitrogens with one attached hydrogen (secondary N) is 1. The van der Waals surface area contributed by atoms with Crippen LogP contribution in [0.3, 0.4) is 0 Å². The minimum Gasteiger partial charge on any atom is -0.321 e. The summed E-state index contributed by atoms with van der Waals surface area (Å²) in [4.78, 5) is 25.2. The summed E-state index contributed by atoms with van der Waals surface area (Å²) in [5.41, 5.74) is 0.664. The number of aromatic amines is 1. The maximum Gasteiger partial charge on any atom is 0.270 e. The second kappa shape index (κ2) is 6.37. The molecule has 25 heavy (non-hydrogen) atoms. The Kier molecular flexibility index (Phi) is 4.10. The van der Waals surface area contributed by atoms with E-state index in [0.717, 1.165) is 0 Å². The van der Waals surface area contributed by atoms with E-state index in [1.807, 2.05) is 6.07 Å². The van der Waals surface area contributed by atoms with Crippen molar-refractivity contribution in [2.45, 2.75) is 0 Å². The molecule has 0 amide bonds. The molecule has 0 radical (unpaired) electrons. The molecule has 7 heteroatoms. The normalized spacial score (nSPS) is 10.2. The molecule has 0 spiro atoms. The smallest absolute Gasteiger partial charge is 0.270 e. The van der Waals surface area contributed by atoms with Gasteiger partial charge in [-0.15, -0.1) is 0 Å². The van der Waals surface area contributed by atoms with Gasteiger partial charge in [0.05, 0.1) is 4.92 Å². The fourth-order valence-corrected chi connectivity index (χ4v) is 2.47. The van der Waals surface area contributed by atoms with Crippen LogP contribution < -0.4 is 5.56 Å². The number of nitro benzene ring substituents is 1. The van der Waals surface area contributed by atoms with Crippen LogP contribution in [0, 0.1) is 27.3 Å². The average Bonchev–Trinajstić information content (AvgIpc) is 2.61. The number of non-ortho nitro benzene ring substituents is 1. The highest BCUT2D eigenvalue weighted by atomic mass is 19.1. The lowest BCUT2D eigenvalue weighted by molar-refractivity contribution is -0.384. The van der Waals surface area contributed by atoms with Crippen LogP contribution in [-0.4, -0.2) is 9.91 Å². The summed E-state index contributed by atoms with van der Waals surface area (Å²) in [5.74, 6) is -0.418. The summed E-state index contributed by atoms with van der Waals surface area (Å²) in [7, 11) is 0. The number of halogens is 1. The molecule has 3 rings (SSSR count). The minimum atomic E-state index is -0.620. The highest BCUT2D eigenvalue weighted by Gasteiger charge is 2.15. The van der Waals surface area contributed by atoms with Crippen molar-refractivity contribution in [3.05, 3.63) is 86.4 Å². The molecule has 0 aliphatic carbocycles. The monoisotopic (exact) mass is 335 g/mol. The Hall–Kier alpha value is -3.79. The van der Waals surface area contributed by atoms with E-state index in [4.69, 9.17) is 0 Å². The topological polar surface area (TPSA) is 99.8 Å². The molecule has 0 saturated heterocycles. The zero-order chi connectivity index (χ0) is 18.0. The maximum absolute atomic E-state index is 13.1. The van der Waals surface area contributed by atoms with Gasteiger partial charge in [-0.25, -0.2) is 4.39 Å². The molecule has 0 unspecified atom stereocenters. The van der Waals surface area contributed by atoms with Crippen LogP contribution in [0.5, 0.6) is 0 Å². The summed E-state index contributed by atoms with van der Waals surface area (Å²) in [6, 6.07) is 14.5. The van der Waals surface area contributed by atoms with Crippen molar-refractivity contribution >= 4 is 5.69 Å². The third-order valence-electron chi connectivity index (χ3n) is 3.67. The zero-order valence-electron chi connectivity index (χ0n) is 12.7. The Bertz CT molecular complexity index is 1070. The molecule has 0 fully saturated rings. The van der Waals surface area contributed by atoms with Crippen molar-refractivity contribution in [1.82, 2.24) is 4.98 Å². The molecule has 0 atom stereocenters. The van der Waals surface area contributed by atoms with E-state index in [1.165, 1.54) is 42.5 Å². The van der Waals surface area contributed by atoms with Crippen molar-refractivity contribution in [3.63, 3.8) is 0 Å². The molecule has 1 heterocycles. The SMILES string of the molecule is N#Cc1c(-c2cccc([N+](=O)[O-])c2)cc(-c2ccc(F)cc2)[nH]c1=O. The van der Waals surface area contributed by atoms with Gasteiger partial charge in [0.25, 0.3) is 11.2 Å². The van der Waals surface area contributed by atoms with E-state index >= 15 is 0 Å². The summed E-state index contributed by atoms with van der Waals surface area (Å²) in [6.45, 7) is 0. The van der Waals surface area contributed by atoms with E-state index < -0.39 is 16.3 Å². The molecule has 0 saturated carbocycles. The van der Waals surface area contributed by atoms with Gasteiger partial charge in [0, 0.05) is 23.4 Å². The third-order valence-corrected chi connectivity index (χ3v) is 3.67. The van der Waals surface area contributed by atoms with Crippen LogP contribution in [0.25, 0.3) is 22.4 Å². The molecule has 6 nitrogen and oxygen atoms in total. The molecular weight excluding hydrogens is 325 g/mol. The number of H-pyrrole nitrogens is 1. The lowest BCUT2D eigenvalue weighted by atomic mass is 9.98. The molecule has 122 valence electrons. The Morgan fingerprint density at radius 1 is 1.08 bits per heavy atom. The maximum atomic E-state index is 13.1. The van der Waals surface area contributed by atoms with Crippen LogP contribution in [0.15, 0.2) is 59.4 Å². The van der Waals surface area contributed by atoms with Crippen LogP contribution in [0.2, 0.25) is 0 Å². The number of nitrogens with zero attached hydrogens (tertiary/aromatic N) is 2. The van der Waals surface area contributed by atoms with Crippen LogP contribution in [-0.2, 0) is 0 Å². The van der Waals surface area contributed by atoms with Crippen molar-refractivity contribution in [3.8, 4) is 28.5 Å². The first-order valence-electron chi connectivity index (χ1n) is 7.18. The first-order valence-corrected chi connectivity index (χ1v) is 7.18. The number of hydrogen-bond donors (Lipinski definition) is 1. The third kappa shape index (κ3) is 3.14. The van der Waals surface area contributed by atoms with Crippen LogP contribution in [0.1, 0.15) is 5.56 Å². The van der Waals surface area contributed by atoms with Gasteiger partial charge < -0.3 is 4.98 Å². The quantitative estimate of drug-likeness (QED) is 0.583. The van der Waals surface area contributed by atoms with Gasteiger partial charge in [0.1, 0.15) is 17.4 Å². The van der Waals surface area contributed by atoms with Crippen molar-refractivity contribution in [2.75, 3.05) is 0 Å². The van der Waals surface area contributed by atoms with E-state index in [0.29, 0.717) is 16.8 Å². The van der Waals surface area contributed by atoms with E-state index in [1.54, 1.807) is 12.1 Å². The van der Waals surface area contributed by atoms with Gasteiger partial charge in [-0.3, -0.25) is 14.9 Å². The Morgan fingerprint density at radius 3 is 2.44 bits per heavy atom. The second-order valence-electron chi connectivity index (χ2n) is 5.23. The molecular formula is C18H10FN3O3. The number of nitriles is 1. The molecule has 2 aromatic carbocycles. The number of hydrogen-bond acceptors (Lipinski definition) is 4. The number of rotatable bonds is 3. The Morgan fingerprint density at radius 2 is 1.80 bits per heavy atom. The predicted octanol–water partition coefficient (Wildman–Crippen LogP) is 3.63.